The molecule has 1 aliphatic rings. The average Bonchev–Trinajstić information content (AvgIpc) is 2.93. The van der Waals surface area contributed by atoms with Crippen molar-refractivity contribution in [3.63, 3.8) is 0 Å². The Hall–Kier alpha value is -3.84. The molecule has 35 heavy (non-hydrogen) atoms. The maximum Gasteiger partial charge on any atom is 0.0366 e. The van der Waals surface area contributed by atoms with Crippen LogP contribution in [0.15, 0.2) is 97.1 Å². The number of hydrogen-bond acceptors (Lipinski definition) is 1. The average molecular weight is 452 g/mol. The van der Waals surface area contributed by atoms with Gasteiger partial charge in [0.15, 0.2) is 0 Å². The Morgan fingerprint density at radius 2 is 0.971 bits per heavy atom. The largest absolute Gasteiger partial charge is 0.372 e. The summed E-state index contributed by atoms with van der Waals surface area (Å²) in [6, 6.07) is 36.6. The lowest BCUT2D eigenvalue weighted by Gasteiger charge is -2.29. The van der Waals surface area contributed by atoms with Crippen LogP contribution >= 0.6 is 0 Å². The van der Waals surface area contributed by atoms with Gasteiger partial charge >= 0.3 is 0 Å². The van der Waals surface area contributed by atoms with E-state index in [9.17, 15) is 0 Å². The van der Waals surface area contributed by atoms with Crippen molar-refractivity contribution in [2.24, 2.45) is 0 Å². The minimum absolute atomic E-state index is 1.18. The Kier molecular flexibility index (Phi) is 4.77. The highest BCUT2D eigenvalue weighted by Crippen LogP contribution is 2.42. The summed E-state index contributed by atoms with van der Waals surface area (Å²) in [6.07, 6.45) is 3.98. The summed E-state index contributed by atoms with van der Waals surface area (Å²) in [7, 11) is 0. The van der Waals surface area contributed by atoms with Crippen molar-refractivity contribution in [3.8, 4) is 22.3 Å². The quantitative estimate of drug-likeness (QED) is 0.242. The third-order valence-corrected chi connectivity index (χ3v) is 7.93. The van der Waals surface area contributed by atoms with Gasteiger partial charge in [-0.3, -0.25) is 0 Å². The summed E-state index contributed by atoms with van der Waals surface area (Å²) in [6.45, 7) is 4.51. The van der Waals surface area contributed by atoms with E-state index in [0.29, 0.717) is 0 Å². The Bertz CT molecular complexity index is 1650. The van der Waals surface area contributed by atoms with E-state index in [1.807, 2.05) is 0 Å². The predicted molar refractivity (Wildman–Crippen MR) is 152 cm³/mol. The van der Waals surface area contributed by atoms with Crippen molar-refractivity contribution in [1.29, 1.82) is 0 Å². The van der Waals surface area contributed by atoms with E-state index in [0.717, 1.165) is 0 Å². The van der Waals surface area contributed by atoms with Crippen LogP contribution in [0.5, 0.6) is 0 Å². The van der Waals surface area contributed by atoms with Crippen LogP contribution in [0, 0.1) is 6.92 Å². The molecule has 1 nitrogen and oxygen atoms in total. The monoisotopic (exact) mass is 451 g/mol. The molecule has 0 bridgehead atoms. The van der Waals surface area contributed by atoms with Crippen LogP contribution in [-0.2, 0) is 0 Å². The Morgan fingerprint density at radius 3 is 1.51 bits per heavy atom. The topological polar surface area (TPSA) is 3.24 Å². The van der Waals surface area contributed by atoms with Gasteiger partial charge in [0.1, 0.15) is 0 Å². The first-order valence-electron chi connectivity index (χ1n) is 12.9. The Balaban J connectivity index is 1.40. The van der Waals surface area contributed by atoms with Crippen molar-refractivity contribution >= 4 is 38.0 Å². The maximum absolute atomic E-state index is 2.53. The number of anilines is 1. The lowest BCUT2D eigenvalue weighted by Crippen LogP contribution is -2.29. The fourth-order valence-electron chi connectivity index (χ4n) is 6.04. The van der Waals surface area contributed by atoms with Crippen molar-refractivity contribution in [1.82, 2.24) is 0 Å². The number of benzene rings is 6. The zero-order chi connectivity index (χ0) is 23.4. The SMILES string of the molecule is Cc1ccc(-c2ccc3ccc4c(-c5ccc(N6CCCCC6)cc5)ccc5ccc2c3c54)cc1. The number of rotatable bonds is 3. The molecule has 170 valence electrons. The molecule has 0 aliphatic carbocycles. The molecular weight excluding hydrogens is 422 g/mol. The first-order chi connectivity index (χ1) is 17.3. The smallest absolute Gasteiger partial charge is 0.0366 e. The van der Waals surface area contributed by atoms with Gasteiger partial charge in [0, 0.05) is 18.8 Å². The second-order valence-corrected chi connectivity index (χ2v) is 10.1. The van der Waals surface area contributed by atoms with Gasteiger partial charge in [-0.15, -0.1) is 0 Å². The molecule has 1 heterocycles. The molecule has 0 spiro atoms. The molecule has 0 saturated carbocycles. The fraction of sp³-hybridized carbons (Fsp3) is 0.176. The Morgan fingerprint density at radius 1 is 0.486 bits per heavy atom. The van der Waals surface area contributed by atoms with Gasteiger partial charge in [0.25, 0.3) is 0 Å². The molecule has 0 amide bonds. The predicted octanol–water partition coefficient (Wildman–Crippen LogP) is 9.22. The van der Waals surface area contributed by atoms with Crippen molar-refractivity contribution in [2.45, 2.75) is 26.2 Å². The highest BCUT2D eigenvalue weighted by Gasteiger charge is 2.15. The number of aryl methyl sites for hydroxylation is 1. The van der Waals surface area contributed by atoms with Gasteiger partial charge in [0.2, 0.25) is 0 Å². The van der Waals surface area contributed by atoms with Crippen molar-refractivity contribution in [2.75, 3.05) is 18.0 Å². The summed E-state index contributed by atoms with van der Waals surface area (Å²) in [5, 5.41) is 8.06. The number of piperidine rings is 1. The summed E-state index contributed by atoms with van der Waals surface area (Å²) in [5.41, 5.74) is 7.85. The van der Waals surface area contributed by atoms with E-state index in [2.05, 4.69) is 109 Å². The normalized spacial score (nSPS) is 14.4. The van der Waals surface area contributed by atoms with Gasteiger partial charge in [0.05, 0.1) is 0 Å². The zero-order valence-corrected chi connectivity index (χ0v) is 20.2. The van der Waals surface area contributed by atoms with E-state index in [4.69, 9.17) is 0 Å². The summed E-state index contributed by atoms with van der Waals surface area (Å²) in [5.74, 6) is 0. The van der Waals surface area contributed by atoms with Gasteiger partial charge in [-0.2, -0.15) is 0 Å². The molecule has 1 saturated heterocycles. The van der Waals surface area contributed by atoms with Crippen LogP contribution in [0.1, 0.15) is 24.8 Å². The van der Waals surface area contributed by atoms with E-state index in [1.54, 1.807) is 0 Å². The first kappa shape index (κ1) is 20.5. The standard InChI is InChI=1S/C34H29N/c1-23-5-7-24(8-6-23)29-17-11-26-14-20-32-30(18-12-27-13-19-31(29)33(26)34(27)32)25-9-15-28(16-10-25)35-21-3-2-4-22-35/h5-20H,2-4,21-22H2,1H3. The third-order valence-electron chi connectivity index (χ3n) is 7.93. The molecule has 6 aromatic rings. The van der Waals surface area contributed by atoms with Gasteiger partial charge in [-0.1, -0.05) is 90.5 Å². The van der Waals surface area contributed by atoms with Gasteiger partial charge in [-0.05, 0) is 92.9 Å². The molecule has 0 N–H and O–H groups in total. The van der Waals surface area contributed by atoms with E-state index < -0.39 is 0 Å². The molecular formula is C34H29N. The van der Waals surface area contributed by atoms with Gasteiger partial charge < -0.3 is 4.90 Å². The van der Waals surface area contributed by atoms with Crippen LogP contribution in [-0.4, -0.2) is 13.1 Å². The van der Waals surface area contributed by atoms with E-state index in [1.165, 1.54) is 98.2 Å². The van der Waals surface area contributed by atoms with Crippen LogP contribution < -0.4 is 4.90 Å². The van der Waals surface area contributed by atoms with Gasteiger partial charge in [-0.25, -0.2) is 0 Å². The highest BCUT2D eigenvalue weighted by atomic mass is 15.1. The molecule has 6 aromatic carbocycles. The third kappa shape index (κ3) is 3.38. The van der Waals surface area contributed by atoms with E-state index >= 15 is 0 Å². The highest BCUT2D eigenvalue weighted by molar-refractivity contribution is 6.27. The molecule has 0 aromatic heterocycles. The minimum atomic E-state index is 1.18. The van der Waals surface area contributed by atoms with E-state index in [-0.39, 0.29) is 0 Å². The summed E-state index contributed by atoms with van der Waals surface area (Å²) >= 11 is 0. The van der Waals surface area contributed by atoms with Crippen molar-refractivity contribution < 1.29 is 0 Å². The summed E-state index contributed by atoms with van der Waals surface area (Å²) < 4.78 is 0. The van der Waals surface area contributed by atoms with Crippen LogP contribution in [0.4, 0.5) is 5.69 Å². The summed E-state index contributed by atoms with van der Waals surface area (Å²) in [4.78, 5) is 2.53. The molecule has 1 aliphatic heterocycles. The van der Waals surface area contributed by atoms with Crippen LogP contribution in [0.3, 0.4) is 0 Å². The second kappa shape index (κ2) is 8.13. The molecule has 1 heteroatoms. The van der Waals surface area contributed by atoms with Crippen molar-refractivity contribution in [3.05, 3.63) is 103 Å². The number of hydrogen-bond donors (Lipinski definition) is 0. The van der Waals surface area contributed by atoms with Crippen LogP contribution in [0.2, 0.25) is 0 Å². The number of nitrogens with zero attached hydrogens (tertiary/aromatic N) is 1. The molecule has 0 radical (unpaired) electrons. The zero-order valence-electron chi connectivity index (χ0n) is 20.2. The minimum Gasteiger partial charge on any atom is -0.372 e. The second-order valence-electron chi connectivity index (χ2n) is 10.1. The fourth-order valence-corrected chi connectivity index (χ4v) is 6.04. The molecule has 1 fully saturated rings. The molecule has 0 unspecified atom stereocenters. The van der Waals surface area contributed by atoms with Crippen LogP contribution in [0.25, 0.3) is 54.6 Å². The molecule has 7 rings (SSSR count). The Labute approximate surface area is 207 Å². The first-order valence-corrected chi connectivity index (χ1v) is 12.9. The maximum atomic E-state index is 2.53. The lowest BCUT2D eigenvalue weighted by atomic mass is 9.87. The lowest BCUT2D eigenvalue weighted by molar-refractivity contribution is 0.578. The molecule has 0 atom stereocenters.